The Labute approximate surface area is 62.2 Å². The van der Waals surface area contributed by atoms with Gasteiger partial charge in [-0.1, -0.05) is 31.9 Å². The quantitative estimate of drug-likeness (QED) is 0.567. The lowest BCUT2D eigenvalue weighted by atomic mass is 10.1. The Morgan fingerprint density at radius 1 is 1.50 bits per heavy atom. The normalized spacial score (nSPS) is 14.3. The maximum atomic E-state index is 9.11. The van der Waals surface area contributed by atoms with Crippen molar-refractivity contribution in [1.29, 1.82) is 0 Å². The van der Waals surface area contributed by atoms with E-state index in [4.69, 9.17) is 10.2 Å². The molecule has 0 heterocycles. The van der Waals surface area contributed by atoms with Crippen molar-refractivity contribution in [2.75, 3.05) is 6.61 Å². The summed E-state index contributed by atoms with van der Waals surface area (Å²) in [5.74, 6) is 0. The van der Waals surface area contributed by atoms with Crippen molar-refractivity contribution in [3.05, 3.63) is 12.2 Å². The van der Waals surface area contributed by atoms with E-state index in [0.717, 1.165) is 19.3 Å². The lowest BCUT2D eigenvalue weighted by molar-refractivity contribution is 0.207. The molecule has 1 atom stereocenters. The minimum absolute atomic E-state index is 0.0170. The number of rotatable bonds is 5. The van der Waals surface area contributed by atoms with Crippen LogP contribution in [0.2, 0.25) is 0 Å². The van der Waals surface area contributed by atoms with Crippen molar-refractivity contribution < 1.29 is 10.2 Å². The Kier molecular flexibility index (Phi) is 6.55. The average Bonchev–Trinajstić information content (AvgIpc) is 1.97. The van der Waals surface area contributed by atoms with E-state index in [9.17, 15) is 0 Å². The third-order valence-corrected chi connectivity index (χ3v) is 1.32. The predicted molar refractivity (Wildman–Crippen MR) is 41.8 cm³/mol. The van der Waals surface area contributed by atoms with Gasteiger partial charge in [-0.15, -0.1) is 0 Å². The number of aliphatic hydroxyl groups excluding tert-OH is 2. The molecule has 0 aliphatic carbocycles. The van der Waals surface area contributed by atoms with Gasteiger partial charge in [0.25, 0.3) is 0 Å². The van der Waals surface area contributed by atoms with Gasteiger partial charge in [-0.2, -0.15) is 0 Å². The van der Waals surface area contributed by atoms with Crippen LogP contribution < -0.4 is 0 Å². The summed E-state index contributed by atoms with van der Waals surface area (Å²) in [6.07, 6.45) is 5.77. The molecular formula is C8H16O2. The van der Waals surface area contributed by atoms with Crippen LogP contribution in [0.5, 0.6) is 0 Å². The van der Waals surface area contributed by atoms with Crippen molar-refractivity contribution in [3.63, 3.8) is 0 Å². The van der Waals surface area contributed by atoms with E-state index in [1.807, 2.05) is 0 Å². The first-order chi connectivity index (χ1) is 4.81. The third kappa shape index (κ3) is 5.79. The highest BCUT2D eigenvalue weighted by atomic mass is 16.3. The second kappa shape index (κ2) is 6.78. The van der Waals surface area contributed by atoms with Crippen LogP contribution in [0.3, 0.4) is 0 Å². The molecule has 0 aromatic heterocycles. The fourth-order valence-corrected chi connectivity index (χ4v) is 0.727. The van der Waals surface area contributed by atoms with Gasteiger partial charge in [0.05, 0.1) is 12.7 Å². The minimum atomic E-state index is -0.368. The van der Waals surface area contributed by atoms with Gasteiger partial charge in [-0.25, -0.2) is 0 Å². The molecule has 0 aliphatic heterocycles. The summed E-state index contributed by atoms with van der Waals surface area (Å²) in [5, 5.41) is 17.5. The molecule has 0 aromatic rings. The molecule has 10 heavy (non-hydrogen) atoms. The van der Waals surface area contributed by atoms with Crippen molar-refractivity contribution in [1.82, 2.24) is 0 Å². The molecule has 0 aliphatic rings. The fourth-order valence-electron chi connectivity index (χ4n) is 0.727. The van der Waals surface area contributed by atoms with E-state index >= 15 is 0 Å². The summed E-state index contributed by atoms with van der Waals surface area (Å²) in [6, 6.07) is 0. The molecule has 60 valence electrons. The Morgan fingerprint density at radius 3 is 2.70 bits per heavy atom. The second-order valence-corrected chi connectivity index (χ2v) is 2.32. The molecule has 0 saturated heterocycles. The van der Waals surface area contributed by atoms with Gasteiger partial charge in [-0.3, -0.25) is 0 Å². The zero-order valence-corrected chi connectivity index (χ0v) is 6.45. The van der Waals surface area contributed by atoms with Crippen LogP contribution in [0.15, 0.2) is 12.2 Å². The molecule has 0 rings (SSSR count). The summed E-state index contributed by atoms with van der Waals surface area (Å²) in [6.45, 7) is 2.10. The summed E-state index contributed by atoms with van der Waals surface area (Å²) in [5.41, 5.74) is 0. The largest absolute Gasteiger partial charge is 0.392 e. The van der Waals surface area contributed by atoms with E-state index in [2.05, 4.69) is 6.92 Å². The van der Waals surface area contributed by atoms with Crippen LogP contribution in [0.4, 0.5) is 0 Å². The third-order valence-electron chi connectivity index (χ3n) is 1.32. The molecule has 0 bridgehead atoms. The van der Waals surface area contributed by atoms with Gasteiger partial charge in [0.1, 0.15) is 0 Å². The van der Waals surface area contributed by atoms with Gasteiger partial charge in [0.2, 0.25) is 0 Å². The molecular weight excluding hydrogens is 128 g/mol. The van der Waals surface area contributed by atoms with Crippen molar-refractivity contribution in [2.24, 2.45) is 0 Å². The van der Waals surface area contributed by atoms with Crippen LogP contribution in [-0.4, -0.2) is 22.9 Å². The summed E-state index contributed by atoms with van der Waals surface area (Å²) < 4.78 is 0. The van der Waals surface area contributed by atoms with E-state index in [0.29, 0.717) is 0 Å². The number of hydrogen-bond acceptors (Lipinski definition) is 2. The van der Waals surface area contributed by atoms with Gasteiger partial charge < -0.3 is 10.2 Å². The average molecular weight is 144 g/mol. The van der Waals surface area contributed by atoms with Gasteiger partial charge in [0, 0.05) is 0 Å². The molecule has 0 saturated carbocycles. The van der Waals surface area contributed by atoms with Crippen LogP contribution >= 0.6 is 0 Å². The van der Waals surface area contributed by atoms with Crippen LogP contribution in [0, 0.1) is 0 Å². The molecule has 2 N–H and O–H groups in total. The van der Waals surface area contributed by atoms with Gasteiger partial charge in [-0.05, 0) is 6.42 Å². The zero-order chi connectivity index (χ0) is 7.82. The summed E-state index contributed by atoms with van der Waals surface area (Å²) >= 11 is 0. The monoisotopic (exact) mass is 144 g/mol. The maximum absolute atomic E-state index is 9.11. The van der Waals surface area contributed by atoms with E-state index in [1.165, 1.54) is 0 Å². The van der Waals surface area contributed by atoms with Crippen LogP contribution in [0.1, 0.15) is 26.2 Å². The second-order valence-electron chi connectivity index (χ2n) is 2.32. The first-order valence-electron chi connectivity index (χ1n) is 3.76. The Morgan fingerprint density at radius 2 is 2.20 bits per heavy atom. The first-order valence-corrected chi connectivity index (χ1v) is 3.76. The Bertz CT molecular complexity index is 89.3. The fraction of sp³-hybridized carbons (Fsp3) is 0.750. The van der Waals surface area contributed by atoms with Crippen molar-refractivity contribution in [2.45, 2.75) is 32.3 Å². The lowest BCUT2D eigenvalue weighted by Gasteiger charge is -2.01. The number of hydrogen-bond donors (Lipinski definition) is 2. The minimum Gasteiger partial charge on any atom is -0.392 e. The van der Waals surface area contributed by atoms with Gasteiger partial charge in [0.15, 0.2) is 0 Å². The lowest BCUT2D eigenvalue weighted by Crippen LogP contribution is -2.01. The highest BCUT2D eigenvalue weighted by Crippen LogP contribution is 2.00. The van der Waals surface area contributed by atoms with Gasteiger partial charge >= 0.3 is 0 Å². The zero-order valence-electron chi connectivity index (χ0n) is 6.45. The molecule has 0 fully saturated rings. The smallest absolute Gasteiger partial charge is 0.0721 e. The Balaban J connectivity index is 3.24. The standard InChI is InChI=1S/C8H16O2/c1-2-3-5-8(10)6-4-7-9/h4,6,8-10H,2-3,5,7H2,1H3. The number of unbranched alkanes of at least 4 members (excludes halogenated alkanes) is 1. The van der Waals surface area contributed by atoms with E-state index < -0.39 is 0 Å². The topological polar surface area (TPSA) is 40.5 Å². The highest BCUT2D eigenvalue weighted by Gasteiger charge is 1.95. The van der Waals surface area contributed by atoms with E-state index in [1.54, 1.807) is 12.2 Å². The van der Waals surface area contributed by atoms with E-state index in [-0.39, 0.29) is 12.7 Å². The first kappa shape index (κ1) is 9.66. The molecule has 1 unspecified atom stereocenters. The van der Waals surface area contributed by atoms with Crippen molar-refractivity contribution >= 4 is 0 Å². The predicted octanol–water partition coefficient (Wildman–Crippen LogP) is 1.09. The summed E-state index contributed by atoms with van der Waals surface area (Å²) in [7, 11) is 0. The summed E-state index contributed by atoms with van der Waals surface area (Å²) in [4.78, 5) is 0. The molecule has 0 aromatic carbocycles. The molecule has 2 heteroatoms. The molecule has 0 spiro atoms. The number of aliphatic hydroxyl groups is 2. The van der Waals surface area contributed by atoms with Crippen LogP contribution in [0.25, 0.3) is 0 Å². The van der Waals surface area contributed by atoms with Crippen molar-refractivity contribution in [3.8, 4) is 0 Å². The maximum Gasteiger partial charge on any atom is 0.0721 e. The highest BCUT2D eigenvalue weighted by molar-refractivity contribution is 4.87. The molecule has 0 radical (unpaired) electrons. The van der Waals surface area contributed by atoms with Crippen LogP contribution in [-0.2, 0) is 0 Å². The Hall–Kier alpha value is -0.340. The molecule has 0 amide bonds. The molecule has 2 nitrogen and oxygen atoms in total. The SMILES string of the molecule is CCCCC(O)C=CCO.